The van der Waals surface area contributed by atoms with E-state index in [0.717, 1.165) is 5.56 Å². The first-order chi connectivity index (χ1) is 10.8. The van der Waals surface area contributed by atoms with Gasteiger partial charge in [-0.05, 0) is 38.1 Å². The number of nitrogens with one attached hydrogen (secondary N) is 2. The molecule has 0 heterocycles. The number of amides is 2. The fourth-order valence-corrected chi connectivity index (χ4v) is 1.78. The van der Waals surface area contributed by atoms with Crippen LogP contribution in [-0.2, 0) is 9.53 Å². The predicted octanol–water partition coefficient (Wildman–Crippen LogP) is 0.0256. The molecule has 7 heteroatoms. The van der Waals surface area contributed by atoms with Crippen LogP contribution in [0.5, 0.6) is 0 Å². The molecule has 124 valence electrons. The monoisotopic (exact) mass is 319 g/mol. The molecule has 1 rings (SSSR count). The van der Waals surface area contributed by atoms with Crippen molar-refractivity contribution < 1.29 is 19.5 Å². The average Bonchev–Trinajstić information content (AvgIpc) is 2.51. The summed E-state index contributed by atoms with van der Waals surface area (Å²) in [5, 5.41) is 11.3. The Morgan fingerprint density at radius 2 is 1.96 bits per heavy atom. The van der Waals surface area contributed by atoms with Gasteiger partial charge in [0.25, 0.3) is 11.8 Å². The Bertz CT molecular complexity index is 609. The van der Waals surface area contributed by atoms with Crippen LogP contribution >= 0.6 is 0 Å². The van der Waals surface area contributed by atoms with E-state index < -0.39 is 23.4 Å². The minimum absolute atomic E-state index is 0.325. The normalized spacial score (nSPS) is 11.9. The van der Waals surface area contributed by atoms with E-state index in [1.807, 2.05) is 0 Å². The van der Waals surface area contributed by atoms with E-state index in [9.17, 15) is 9.59 Å². The van der Waals surface area contributed by atoms with Crippen LogP contribution in [0, 0.1) is 11.8 Å². The molecule has 0 fully saturated rings. The van der Waals surface area contributed by atoms with Gasteiger partial charge in [0.15, 0.2) is 0 Å². The van der Waals surface area contributed by atoms with Gasteiger partial charge in [-0.1, -0.05) is 11.8 Å². The lowest BCUT2D eigenvalue weighted by molar-refractivity contribution is -0.132. The summed E-state index contributed by atoms with van der Waals surface area (Å²) in [6.07, 6.45) is 0. The third-order valence-electron chi connectivity index (χ3n) is 2.99. The van der Waals surface area contributed by atoms with E-state index in [1.165, 1.54) is 5.48 Å². The van der Waals surface area contributed by atoms with Crippen molar-refractivity contribution in [1.29, 1.82) is 0 Å². The Morgan fingerprint density at radius 1 is 1.35 bits per heavy atom. The van der Waals surface area contributed by atoms with Crippen LogP contribution < -0.4 is 16.5 Å². The highest BCUT2D eigenvalue weighted by Crippen LogP contribution is 2.08. The van der Waals surface area contributed by atoms with Gasteiger partial charge in [0, 0.05) is 23.8 Å². The van der Waals surface area contributed by atoms with Crippen LogP contribution in [0.4, 0.5) is 0 Å². The Kier molecular flexibility index (Phi) is 6.72. The number of methoxy groups -OCH3 is 1. The fraction of sp³-hybridized carbons (Fsp3) is 0.375. The van der Waals surface area contributed by atoms with Crippen LogP contribution in [0.3, 0.4) is 0 Å². The van der Waals surface area contributed by atoms with Gasteiger partial charge in [0.05, 0.1) is 0 Å². The van der Waals surface area contributed by atoms with Gasteiger partial charge >= 0.3 is 0 Å². The van der Waals surface area contributed by atoms with Crippen molar-refractivity contribution >= 4 is 11.8 Å². The second kappa shape index (κ2) is 8.29. The third kappa shape index (κ3) is 5.71. The van der Waals surface area contributed by atoms with Crippen molar-refractivity contribution in [2.75, 3.05) is 13.7 Å². The molecule has 1 aromatic carbocycles. The lowest BCUT2D eigenvalue weighted by Gasteiger charge is -2.29. The van der Waals surface area contributed by atoms with Crippen LogP contribution in [0.15, 0.2) is 24.3 Å². The van der Waals surface area contributed by atoms with Gasteiger partial charge in [0.1, 0.15) is 12.6 Å². The molecular formula is C16H21N3O4. The quantitative estimate of drug-likeness (QED) is 0.347. The highest BCUT2D eigenvalue weighted by molar-refractivity contribution is 5.97. The molecule has 0 aromatic heterocycles. The Balaban J connectivity index is 2.85. The van der Waals surface area contributed by atoms with Crippen LogP contribution in [0.1, 0.15) is 29.8 Å². The zero-order valence-electron chi connectivity index (χ0n) is 13.3. The number of nitrogens with two attached hydrogens (primary N) is 1. The van der Waals surface area contributed by atoms with E-state index >= 15 is 0 Å². The Labute approximate surface area is 135 Å². The highest BCUT2D eigenvalue weighted by atomic mass is 16.5. The maximum Gasteiger partial charge on any atom is 0.267 e. The zero-order chi connectivity index (χ0) is 17.5. The molecule has 0 spiro atoms. The van der Waals surface area contributed by atoms with Crippen LogP contribution in [-0.4, -0.2) is 42.3 Å². The lowest BCUT2D eigenvalue weighted by Crippen LogP contribution is -2.61. The van der Waals surface area contributed by atoms with Crippen molar-refractivity contribution in [3.8, 4) is 11.8 Å². The maximum absolute atomic E-state index is 12.2. The van der Waals surface area contributed by atoms with Crippen molar-refractivity contribution in [3.63, 3.8) is 0 Å². The molecule has 1 atom stereocenters. The summed E-state index contributed by atoms with van der Waals surface area (Å²) in [6.45, 7) is 3.47. The summed E-state index contributed by atoms with van der Waals surface area (Å²) in [5.41, 5.74) is 7.40. The molecule has 23 heavy (non-hydrogen) atoms. The summed E-state index contributed by atoms with van der Waals surface area (Å²) >= 11 is 0. The first-order valence-corrected chi connectivity index (χ1v) is 6.91. The molecule has 2 amide bonds. The maximum atomic E-state index is 12.2. The molecule has 0 radical (unpaired) electrons. The molecule has 0 aliphatic carbocycles. The lowest BCUT2D eigenvalue weighted by atomic mass is 9.95. The zero-order valence-corrected chi connectivity index (χ0v) is 13.3. The molecule has 0 aliphatic rings. The predicted molar refractivity (Wildman–Crippen MR) is 84.6 cm³/mol. The van der Waals surface area contributed by atoms with Crippen molar-refractivity contribution in [1.82, 2.24) is 10.8 Å². The van der Waals surface area contributed by atoms with E-state index in [-0.39, 0.29) is 0 Å². The number of hydroxylamine groups is 1. The second-order valence-electron chi connectivity index (χ2n) is 5.52. The average molecular weight is 319 g/mol. The Hall–Kier alpha value is -2.40. The minimum atomic E-state index is -1.08. The fourth-order valence-electron chi connectivity index (χ4n) is 1.78. The van der Waals surface area contributed by atoms with Crippen molar-refractivity contribution in [2.45, 2.75) is 25.4 Å². The smallest absolute Gasteiger partial charge is 0.267 e. The number of carbonyl (C=O) groups is 2. The van der Waals surface area contributed by atoms with E-state index in [0.29, 0.717) is 12.2 Å². The van der Waals surface area contributed by atoms with Crippen LogP contribution in [0.2, 0.25) is 0 Å². The molecule has 1 aromatic rings. The van der Waals surface area contributed by atoms with Gasteiger partial charge in [0.2, 0.25) is 0 Å². The molecule has 0 aliphatic heterocycles. The Morgan fingerprint density at radius 3 is 2.43 bits per heavy atom. The van der Waals surface area contributed by atoms with Gasteiger partial charge in [-0.15, -0.1) is 0 Å². The first-order valence-electron chi connectivity index (χ1n) is 6.91. The third-order valence-corrected chi connectivity index (χ3v) is 2.99. The molecule has 0 bridgehead atoms. The van der Waals surface area contributed by atoms with Gasteiger partial charge in [-0.3, -0.25) is 14.8 Å². The topological polar surface area (TPSA) is 114 Å². The van der Waals surface area contributed by atoms with E-state index in [2.05, 4.69) is 17.2 Å². The van der Waals surface area contributed by atoms with Crippen molar-refractivity contribution in [3.05, 3.63) is 35.4 Å². The molecular weight excluding hydrogens is 298 g/mol. The highest BCUT2D eigenvalue weighted by Gasteiger charge is 2.33. The number of benzene rings is 1. The summed E-state index contributed by atoms with van der Waals surface area (Å²) in [6, 6.07) is 5.47. The van der Waals surface area contributed by atoms with Crippen LogP contribution in [0.25, 0.3) is 0 Å². The van der Waals surface area contributed by atoms with Gasteiger partial charge < -0.3 is 15.8 Å². The van der Waals surface area contributed by atoms with E-state index in [1.54, 1.807) is 45.2 Å². The molecule has 0 unspecified atom stereocenters. The summed E-state index contributed by atoms with van der Waals surface area (Å²) in [5.74, 6) is 4.42. The summed E-state index contributed by atoms with van der Waals surface area (Å²) in [7, 11) is 1.56. The summed E-state index contributed by atoms with van der Waals surface area (Å²) < 4.78 is 4.83. The standard InChI is InChI=1S/C16H21N3O4/c1-16(2,17)13(15(21)19-22)18-14(20)12-8-6-11(7-9-12)5-4-10-23-3/h6-9,13,22H,10,17H2,1-3H3,(H,18,20)(H,19,21)/t13-/m1/s1. The second-order valence-corrected chi connectivity index (χ2v) is 5.52. The number of rotatable bonds is 5. The molecule has 0 saturated carbocycles. The number of ether oxygens (including phenoxy) is 1. The number of hydrogen-bond acceptors (Lipinski definition) is 5. The molecule has 7 nitrogen and oxygen atoms in total. The van der Waals surface area contributed by atoms with Gasteiger partial charge in [-0.2, -0.15) is 0 Å². The minimum Gasteiger partial charge on any atom is -0.372 e. The SMILES string of the molecule is COCC#Cc1ccc(C(=O)N[C@H](C(=O)NO)C(C)(C)N)cc1. The molecule has 5 N–H and O–H groups in total. The summed E-state index contributed by atoms with van der Waals surface area (Å²) in [4.78, 5) is 23.8. The first kappa shape index (κ1) is 18.6. The van der Waals surface area contributed by atoms with Gasteiger partial charge in [-0.25, -0.2) is 5.48 Å². The largest absolute Gasteiger partial charge is 0.372 e. The molecule has 0 saturated heterocycles. The number of hydrogen-bond donors (Lipinski definition) is 4. The number of carbonyl (C=O) groups excluding carboxylic acids is 2. The van der Waals surface area contributed by atoms with E-state index in [4.69, 9.17) is 15.7 Å². The van der Waals surface area contributed by atoms with Crippen molar-refractivity contribution in [2.24, 2.45) is 5.73 Å².